The number of hydrogen-bond acceptors (Lipinski definition) is 3. The lowest BCUT2D eigenvalue weighted by Gasteiger charge is -2.07. The molecule has 17 heavy (non-hydrogen) atoms. The molecule has 1 heterocycles. The van der Waals surface area contributed by atoms with Crippen LogP contribution in [0.2, 0.25) is 0 Å². The molecule has 0 N–H and O–H groups in total. The summed E-state index contributed by atoms with van der Waals surface area (Å²) >= 11 is 0. The van der Waals surface area contributed by atoms with Gasteiger partial charge in [-0.15, -0.1) is 0 Å². The van der Waals surface area contributed by atoms with Crippen molar-refractivity contribution in [2.75, 3.05) is 0 Å². The zero-order valence-electron chi connectivity index (χ0n) is 8.36. The lowest BCUT2D eigenvalue weighted by atomic mass is 10.0. The Bertz CT molecular complexity index is 546. The molecule has 0 spiro atoms. The molecule has 1 aromatic carbocycles. The minimum Gasteiger partial charge on any atom is -0.353 e. The molecule has 0 saturated carbocycles. The lowest BCUT2D eigenvalue weighted by Crippen LogP contribution is -2.04. The molecule has 88 valence electrons. The molecule has 0 aliphatic carbocycles. The van der Waals surface area contributed by atoms with Crippen LogP contribution in [0, 0.1) is 0 Å². The lowest BCUT2D eigenvalue weighted by molar-refractivity contribution is -0.137. The Labute approximate surface area is 93.8 Å². The average molecular weight is 241 g/mol. The first-order valence-electron chi connectivity index (χ1n) is 4.60. The maximum absolute atomic E-state index is 12.5. The number of benzene rings is 1. The van der Waals surface area contributed by atoms with E-state index >= 15 is 0 Å². The summed E-state index contributed by atoms with van der Waals surface area (Å²) in [6.07, 6.45) is -2.81. The van der Waals surface area contributed by atoms with Gasteiger partial charge in [-0.25, -0.2) is 0 Å². The smallest absolute Gasteiger partial charge is 0.353 e. The molecule has 3 nitrogen and oxygen atoms in total. The van der Waals surface area contributed by atoms with Gasteiger partial charge in [0.05, 0.1) is 17.3 Å². The van der Waals surface area contributed by atoms with E-state index in [9.17, 15) is 18.0 Å². The van der Waals surface area contributed by atoms with Crippen LogP contribution in [0.4, 0.5) is 13.2 Å². The van der Waals surface area contributed by atoms with Gasteiger partial charge in [0.1, 0.15) is 0 Å². The molecule has 0 fully saturated rings. The van der Waals surface area contributed by atoms with Crippen molar-refractivity contribution >= 4 is 6.29 Å². The van der Waals surface area contributed by atoms with Crippen LogP contribution in [0.25, 0.3) is 11.1 Å². The van der Waals surface area contributed by atoms with Crippen molar-refractivity contribution in [1.82, 2.24) is 5.16 Å². The van der Waals surface area contributed by atoms with Crippen molar-refractivity contribution in [2.45, 2.75) is 6.18 Å². The van der Waals surface area contributed by atoms with Crippen molar-refractivity contribution in [1.29, 1.82) is 0 Å². The van der Waals surface area contributed by atoms with Crippen LogP contribution in [0.5, 0.6) is 0 Å². The number of hydrogen-bond donors (Lipinski definition) is 0. The molecular formula is C11H6F3NO2. The van der Waals surface area contributed by atoms with Gasteiger partial charge in [0.2, 0.25) is 5.76 Å². The van der Waals surface area contributed by atoms with Crippen molar-refractivity contribution < 1.29 is 22.5 Å². The van der Waals surface area contributed by atoms with Gasteiger partial charge in [0, 0.05) is 0 Å². The number of carbonyl (C=O) groups excluding carboxylic acids is 1. The molecule has 0 saturated heterocycles. The first kappa shape index (κ1) is 11.4. The van der Waals surface area contributed by atoms with Gasteiger partial charge in [-0.1, -0.05) is 17.3 Å². The summed E-state index contributed by atoms with van der Waals surface area (Å²) in [4.78, 5) is 10.6. The van der Waals surface area contributed by atoms with E-state index in [1.807, 2.05) is 0 Å². The van der Waals surface area contributed by atoms with Crippen molar-refractivity contribution in [3.63, 3.8) is 0 Å². The number of alkyl halides is 3. The predicted octanol–water partition coefficient (Wildman–Crippen LogP) is 3.17. The van der Waals surface area contributed by atoms with Crippen molar-refractivity contribution in [3.8, 4) is 11.1 Å². The van der Waals surface area contributed by atoms with E-state index in [0.717, 1.165) is 12.1 Å². The van der Waals surface area contributed by atoms with E-state index in [1.54, 1.807) is 0 Å². The van der Waals surface area contributed by atoms with Crippen LogP contribution in [-0.2, 0) is 6.18 Å². The van der Waals surface area contributed by atoms with Gasteiger partial charge in [-0.2, -0.15) is 13.2 Å². The molecule has 0 bridgehead atoms. The average Bonchev–Trinajstić information content (AvgIpc) is 2.76. The second kappa shape index (κ2) is 4.04. The zero-order valence-corrected chi connectivity index (χ0v) is 8.36. The van der Waals surface area contributed by atoms with Crippen LogP contribution < -0.4 is 0 Å². The Morgan fingerprint density at radius 1 is 1.29 bits per heavy atom. The maximum atomic E-state index is 12.5. The van der Waals surface area contributed by atoms with E-state index in [-0.39, 0.29) is 16.9 Å². The third-order valence-electron chi connectivity index (χ3n) is 2.21. The quantitative estimate of drug-likeness (QED) is 0.758. The standard InChI is InChI=1S/C11H6F3NO2/c12-11(13,14)8-3-1-2-7(4-8)9-5-15-17-10(9)6-16/h1-6H. The summed E-state index contributed by atoms with van der Waals surface area (Å²) in [5.74, 6) is -0.0932. The second-order valence-corrected chi connectivity index (χ2v) is 3.30. The topological polar surface area (TPSA) is 43.1 Å². The molecule has 0 aliphatic rings. The highest BCUT2D eigenvalue weighted by Gasteiger charge is 2.30. The van der Waals surface area contributed by atoms with E-state index < -0.39 is 11.7 Å². The Morgan fingerprint density at radius 3 is 2.71 bits per heavy atom. The summed E-state index contributed by atoms with van der Waals surface area (Å²) in [6.45, 7) is 0. The van der Waals surface area contributed by atoms with Crippen molar-refractivity contribution in [3.05, 3.63) is 41.8 Å². The summed E-state index contributed by atoms with van der Waals surface area (Å²) in [5, 5.41) is 3.37. The minimum atomic E-state index is -4.42. The van der Waals surface area contributed by atoms with Crippen LogP contribution in [-0.4, -0.2) is 11.4 Å². The Morgan fingerprint density at radius 2 is 2.06 bits per heavy atom. The maximum Gasteiger partial charge on any atom is 0.416 e. The first-order valence-corrected chi connectivity index (χ1v) is 4.60. The van der Waals surface area contributed by atoms with Gasteiger partial charge in [-0.3, -0.25) is 4.79 Å². The molecule has 0 aliphatic heterocycles. The molecule has 0 atom stereocenters. The number of halogens is 3. The van der Waals surface area contributed by atoms with Gasteiger partial charge in [0.15, 0.2) is 6.29 Å². The van der Waals surface area contributed by atoms with Crippen LogP contribution in [0.1, 0.15) is 16.1 Å². The summed E-state index contributed by atoms with van der Waals surface area (Å²) < 4.78 is 42.0. The third-order valence-corrected chi connectivity index (χ3v) is 2.21. The molecule has 2 rings (SSSR count). The number of rotatable bonds is 2. The van der Waals surface area contributed by atoms with E-state index in [2.05, 4.69) is 9.68 Å². The Hall–Kier alpha value is -2.11. The van der Waals surface area contributed by atoms with Crippen molar-refractivity contribution in [2.24, 2.45) is 0 Å². The fourth-order valence-corrected chi connectivity index (χ4v) is 1.41. The van der Waals surface area contributed by atoms with E-state index in [1.165, 1.54) is 18.3 Å². The fourth-order valence-electron chi connectivity index (χ4n) is 1.41. The van der Waals surface area contributed by atoms with Crippen LogP contribution in [0.3, 0.4) is 0 Å². The van der Waals surface area contributed by atoms with Gasteiger partial charge >= 0.3 is 6.18 Å². The SMILES string of the molecule is O=Cc1oncc1-c1cccc(C(F)(F)F)c1. The van der Waals surface area contributed by atoms with Gasteiger partial charge < -0.3 is 4.52 Å². The monoisotopic (exact) mass is 241 g/mol. The summed E-state index contributed by atoms with van der Waals surface area (Å²) in [7, 11) is 0. The fraction of sp³-hybridized carbons (Fsp3) is 0.0909. The number of aromatic nitrogens is 1. The minimum absolute atomic E-state index is 0.0932. The molecule has 2 aromatic rings. The second-order valence-electron chi connectivity index (χ2n) is 3.30. The number of aldehydes is 1. The highest BCUT2D eigenvalue weighted by molar-refractivity contribution is 5.83. The molecular weight excluding hydrogens is 235 g/mol. The molecule has 0 unspecified atom stereocenters. The van der Waals surface area contributed by atoms with Gasteiger partial charge in [-0.05, 0) is 17.7 Å². The summed E-state index contributed by atoms with van der Waals surface area (Å²) in [6, 6.07) is 4.62. The zero-order chi connectivity index (χ0) is 12.5. The number of carbonyl (C=O) groups is 1. The molecule has 0 radical (unpaired) electrons. The Kier molecular flexibility index (Phi) is 2.71. The molecule has 6 heteroatoms. The van der Waals surface area contributed by atoms with Crippen LogP contribution >= 0.6 is 0 Å². The summed E-state index contributed by atoms with van der Waals surface area (Å²) in [5.41, 5.74) is -0.303. The Balaban J connectivity index is 2.51. The van der Waals surface area contributed by atoms with Gasteiger partial charge in [0.25, 0.3) is 0 Å². The third kappa shape index (κ3) is 2.20. The van der Waals surface area contributed by atoms with Crippen LogP contribution in [0.15, 0.2) is 35.0 Å². The van der Waals surface area contributed by atoms with E-state index in [4.69, 9.17) is 0 Å². The highest BCUT2D eigenvalue weighted by Crippen LogP contribution is 2.32. The molecule has 1 aromatic heterocycles. The van der Waals surface area contributed by atoms with E-state index in [0.29, 0.717) is 6.29 Å². The largest absolute Gasteiger partial charge is 0.416 e. The predicted molar refractivity (Wildman–Crippen MR) is 52.3 cm³/mol. The first-order chi connectivity index (χ1) is 8.02. The molecule has 0 amide bonds. The number of nitrogens with zero attached hydrogens (tertiary/aromatic N) is 1. The normalized spacial score (nSPS) is 11.5. The highest BCUT2D eigenvalue weighted by atomic mass is 19.4.